The van der Waals surface area contributed by atoms with Crippen molar-refractivity contribution in [2.75, 3.05) is 0 Å². The van der Waals surface area contributed by atoms with Gasteiger partial charge in [0.1, 0.15) is 12.7 Å². The molecule has 0 bridgehead atoms. The minimum absolute atomic E-state index is 0.0794. The molecule has 2 aromatic rings. The summed E-state index contributed by atoms with van der Waals surface area (Å²) in [6.07, 6.45) is 3.34. The summed E-state index contributed by atoms with van der Waals surface area (Å²) >= 11 is 0. The number of aliphatic hydroxyl groups excluding tert-OH is 1. The molecule has 0 saturated carbocycles. The lowest BCUT2D eigenvalue weighted by molar-refractivity contribution is 0.281. The molecule has 0 radical (unpaired) electrons. The summed E-state index contributed by atoms with van der Waals surface area (Å²) in [5.74, 6) is 0. The molecular formula is C10H11N3O. The smallest absolute Gasteiger partial charge is 0.119 e. The Kier molecular flexibility index (Phi) is 2.55. The molecule has 1 N–H and O–H groups in total. The number of aliphatic hydroxyl groups is 1. The molecule has 2 rings (SSSR count). The van der Waals surface area contributed by atoms with Crippen LogP contribution in [0.25, 0.3) is 0 Å². The van der Waals surface area contributed by atoms with E-state index < -0.39 is 0 Å². The number of nitrogens with zero attached hydrogens (tertiary/aromatic N) is 3. The highest BCUT2D eigenvalue weighted by Gasteiger charge is 1.96. The fourth-order valence-electron chi connectivity index (χ4n) is 1.34. The second-order valence-electron chi connectivity index (χ2n) is 3.11. The Morgan fingerprint density at radius 1 is 1.14 bits per heavy atom. The van der Waals surface area contributed by atoms with Gasteiger partial charge >= 0.3 is 0 Å². The highest BCUT2D eigenvalue weighted by Crippen LogP contribution is 2.06. The SMILES string of the molecule is OCc1cccc(Cn2cnnc2)c1. The van der Waals surface area contributed by atoms with E-state index in [2.05, 4.69) is 10.2 Å². The van der Waals surface area contributed by atoms with Crippen LogP contribution in [0.2, 0.25) is 0 Å². The van der Waals surface area contributed by atoms with Gasteiger partial charge in [-0.15, -0.1) is 10.2 Å². The van der Waals surface area contributed by atoms with Crippen LogP contribution in [-0.2, 0) is 13.2 Å². The van der Waals surface area contributed by atoms with Crippen LogP contribution in [0.5, 0.6) is 0 Å². The third-order valence-corrected chi connectivity index (χ3v) is 2.01. The van der Waals surface area contributed by atoms with E-state index in [-0.39, 0.29) is 6.61 Å². The minimum atomic E-state index is 0.0794. The van der Waals surface area contributed by atoms with Gasteiger partial charge in [0, 0.05) is 0 Å². The molecule has 1 aromatic carbocycles. The molecule has 0 spiro atoms. The molecule has 14 heavy (non-hydrogen) atoms. The molecule has 0 saturated heterocycles. The van der Waals surface area contributed by atoms with Crippen molar-refractivity contribution in [3.05, 3.63) is 48.0 Å². The van der Waals surface area contributed by atoms with Gasteiger partial charge < -0.3 is 9.67 Å². The number of hydrogen-bond donors (Lipinski definition) is 1. The van der Waals surface area contributed by atoms with Crippen LogP contribution >= 0.6 is 0 Å². The van der Waals surface area contributed by atoms with Crippen LogP contribution in [0.3, 0.4) is 0 Å². The molecule has 0 aliphatic rings. The van der Waals surface area contributed by atoms with Gasteiger partial charge in [0.25, 0.3) is 0 Å². The maximum Gasteiger partial charge on any atom is 0.119 e. The van der Waals surface area contributed by atoms with Crippen molar-refractivity contribution in [1.29, 1.82) is 0 Å². The summed E-state index contributed by atoms with van der Waals surface area (Å²) in [7, 11) is 0. The monoisotopic (exact) mass is 189 g/mol. The molecule has 0 unspecified atom stereocenters. The highest BCUT2D eigenvalue weighted by atomic mass is 16.3. The molecule has 4 nitrogen and oxygen atoms in total. The second kappa shape index (κ2) is 4.02. The van der Waals surface area contributed by atoms with Crippen LogP contribution in [0.1, 0.15) is 11.1 Å². The molecule has 0 amide bonds. The van der Waals surface area contributed by atoms with E-state index in [9.17, 15) is 0 Å². The summed E-state index contributed by atoms with van der Waals surface area (Å²) < 4.78 is 1.89. The zero-order valence-corrected chi connectivity index (χ0v) is 7.67. The lowest BCUT2D eigenvalue weighted by Gasteiger charge is -2.03. The van der Waals surface area contributed by atoms with Crippen molar-refractivity contribution in [3.8, 4) is 0 Å². The Bertz CT molecular complexity index is 398. The molecule has 0 atom stereocenters. The van der Waals surface area contributed by atoms with Gasteiger partial charge in [-0.3, -0.25) is 0 Å². The molecule has 0 fully saturated rings. The molecule has 0 aliphatic heterocycles. The lowest BCUT2D eigenvalue weighted by atomic mass is 10.1. The van der Waals surface area contributed by atoms with Crippen LogP contribution in [0, 0.1) is 0 Å². The first-order chi connectivity index (χ1) is 6.88. The minimum Gasteiger partial charge on any atom is -0.392 e. The summed E-state index contributed by atoms with van der Waals surface area (Å²) in [6, 6.07) is 7.82. The summed E-state index contributed by atoms with van der Waals surface area (Å²) in [4.78, 5) is 0. The van der Waals surface area contributed by atoms with Crippen molar-refractivity contribution in [1.82, 2.24) is 14.8 Å². The van der Waals surface area contributed by atoms with E-state index in [0.717, 1.165) is 17.7 Å². The van der Waals surface area contributed by atoms with Crippen LogP contribution < -0.4 is 0 Å². The quantitative estimate of drug-likeness (QED) is 0.777. The third kappa shape index (κ3) is 1.97. The van der Waals surface area contributed by atoms with E-state index in [1.165, 1.54) is 0 Å². The summed E-state index contributed by atoms with van der Waals surface area (Å²) in [5, 5.41) is 16.4. The molecule has 4 heteroatoms. The Balaban J connectivity index is 2.17. The first-order valence-electron chi connectivity index (χ1n) is 4.39. The Hall–Kier alpha value is -1.68. The average Bonchev–Trinajstić information content (AvgIpc) is 2.71. The van der Waals surface area contributed by atoms with E-state index in [1.807, 2.05) is 28.8 Å². The molecule has 72 valence electrons. The normalized spacial score (nSPS) is 10.4. The van der Waals surface area contributed by atoms with Gasteiger partial charge in [-0.1, -0.05) is 24.3 Å². The number of rotatable bonds is 3. The fraction of sp³-hybridized carbons (Fsp3) is 0.200. The van der Waals surface area contributed by atoms with Gasteiger partial charge in [-0.05, 0) is 11.1 Å². The fourth-order valence-corrected chi connectivity index (χ4v) is 1.34. The van der Waals surface area contributed by atoms with Crippen LogP contribution in [-0.4, -0.2) is 19.9 Å². The van der Waals surface area contributed by atoms with E-state index in [4.69, 9.17) is 5.11 Å². The Morgan fingerprint density at radius 3 is 2.57 bits per heavy atom. The van der Waals surface area contributed by atoms with Crippen molar-refractivity contribution in [3.63, 3.8) is 0 Å². The van der Waals surface area contributed by atoms with Crippen LogP contribution in [0.4, 0.5) is 0 Å². The standard InChI is InChI=1S/C10H11N3O/c14-6-10-3-1-2-9(4-10)5-13-7-11-12-8-13/h1-4,7-8,14H,5-6H2. The predicted molar refractivity (Wildman–Crippen MR) is 51.5 cm³/mol. The van der Waals surface area contributed by atoms with E-state index >= 15 is 0 Å². The predicted octanol–water partition coefficient (Wildman–Crippen LogP) is 0.819. The van der Waals surface area contributed by atoms with Gasteiger partial charge in [0.2, 0.25) is 0 Å². The van der Waals surface area contributed by atoms with Crippen LogP contribution in [0.15, 0.2) is 36.9 Å². The second-order valence-corrected chi connectivity index (χ2v) is 3.11. The average molecular weight is 189 g/mol. The number of benzene rings is 1. The van der Waals surface area contributed by atoms with E-state index in [1.54, 1.807) is 12.7 Å². The number of aromatic nitrogens is 3. The summed E-state index contributed by atoms with van der Waals surface area (Å²) in [6.45, 7) is 0.816. The maximum atomic E-state index is 8.96. The van der Waals surface area contributed by atoms with Gasteiger partial charge in [-0.25, -0.2) is 0 Å². The molecular weight excluding hydrogens is 178 g/mol. The van der Waals surface area contributed by atoms with Crippen molar-refractivity contribution in [2.24, 2.45) is 0 Å². The third-order valence-electron chi connectivity index (χ3n) is 2.01. The lowest BCUT2D eigenvalue weighted by Crippen LogP contribution is -1.97. The van der Waals surface area contributed by atoms with E-state index in [0.29, 0.717) is 0 Å². The Labute approximate surface area is 81.8 Å². The van der Waals surface area contributed by atoms with Gasteiger partial charge in [0.15, 0.2) is 0 Å². The Morgan fingerprint density at radius 2 is 1.86 bits per heavy atom. The topological polar surface area (TPSA) is 50.9 Å². The highest BCUT2D eigenvalue weighted by molar-refractivity contribution is 5.22. The zero-order chi connectivity index (χ0) is 9.80. The molecule has 1 aromatic heterocycles. The van der Waals surface area contributed by atoms with Crippen molar-refractivity contribution < 1.29 is 5.11 Å². The van der Waals surface area contributed by atoms with Gasteiger partial charge in [-0.2, -0.15) is 0 Å². The maximum absolute atomic E-state index is 8.96. The van der Waals surface area contributed by atoms with Gasteiger partial charge in [0.05, 0.1) is 13.2 Å². The first-order valence-corrected chi connectivity index (χ1v) is 4.39. The first kappa shape index (κ1) is 8.90. The van der Waals surface area contributed by atoms with Crippen molar-refractivity contribution >= 4 is 0 Å². The largest absolute Gasteiger partial charge is 0.392 e. The van der Waals surface area contributed by atoms with Crippen molar-refractivity contribution in [2.45, 2.75) is 13.2 Å². The zero-order valence-electron chi connectivity index (χ0n) is 7.67. The molecule has 1 heterocycles. The number of hydrogen-bond acceptors (Lipinski definition) is 3. The molecule has 0 aliphatic carbocycles. The summed E-state index contributed by atoms with van der Waals surface area (Å²) in [5.41, 5.74) is 2.06.